The first-order valence-corrected chi connectivity index (χ1v) is 10.8. The molecule has 3 atom stereocenters. The number of hydrogen-bond donors (Lipinski definition) is 2. The van der Waals surface area contributed by atoms with E-state index in [1.165, 1.54) is 31.1 Å². The van der Waals surface area contributed by atoms with Crippen molar-refractivity contribution in [3.63, 3.8) is 0 Å². The molecule has 1 fully saturated rings. The van der Waals surface area contributed by atoms with E-state index in [1.807, 2.05) is 0 Å². The van der Waals surface area contributed by atoms with Gasteiger partial charge in [0.05, 0.1) is 7.11 Å². The Morgan fingerprint density at radius 2 is 1.93 bits per heavy atom. The van der Waals surface area contributed by atoms with Gasteiger partial charge in [-0.3, -0.25) is 14.4 Å². The maximum absolute atomic E-state index is 12.9. The second kappa shape index (κ2) is 11.0. The van der Waals surface area contributed by atoms with E-state index >= 15 is 0 Å². The summed E-state index contributed by atoms with van der Waals surface area (Å²) in [6.45, 7) is 3.66. The highest BCUT2D eigenvalue weighted by atomic mass is 32.2. The van der Waals surface area contributed by atoms with Gasteiger partial charge in [-0.1, -0.05) is 30.8 Å². The van der Waals surface area contributed by atoms with Crippen LogP contribution in [0.5, 0.6) is 5.75 Å². The molecular weight excluding hydrogens is 408 g/mol. The number of nitrogens with zero attached hydrogens (tertiary/aromatic N) is 1. The van der Waals surface area contributed by atoms with Gasteiger partial charge in [0.1, 0.15) is 17.8 Å². The molecule has 0 bridgehead atoms. The molecule has 9 heteroatoms. The van der Waals surface area contributed by atoms with E-state index in [4.69, 9.17) is 4.74 Å². The van der Waals surface area contributed by atoms with Crippen molar-refractivity contribution in [3.05, 3.63) is 29.8 Å². The van der Waals surface area contributed by atoms with Gasteiger partial charge in [-0.2, -0.15) is 0 Å². The molecule has 2 rings (SSSR count). The molecule has 30 heavy (non-hydrogen) atoms. The summed E-state index contributed by atoms with van der Waals surface area (Å²) in [5, 5.41) is 12.1. The smallest absolute Gasteiger partial charge is 0.328 e. The Morgan fingerprint density at radius 3 is 2.53 bits per heavy atom. The summed E-state index contributed by atoms with van der Waals surface area (Å²) in [6.07, 6.45) is 1.40. The fourth-order valence-electron chi connectivity index (χ4n) is 3.37. The molecule has 1 heterocycles. The molecular formula is C21H28N2O6S. The number of methoxy groups -OCH3 is 1. The quantitative estimate of drug-likeness (QED) is 0.594. The molecule has 1 aliphatic heterocycles. The highest BCUT2D eigenvalue weighted by molar-refractivity contribution is 8.13. The number of ether oxygens (including phenoxy) is 1. The van der Waals surface area contributed by atoms with Crippen molar-refractivity contribution >= 4 is 34.7 Å². The van der Waals surface area contributed by atoms with Crippen molar-refractivity contribution in [2.24, 2.45) is 5.92 Å². The Morgan fingerprint density at radius 1 is 1.27 bits per heavy atom. The Hall–Kier alpha value is -2.55. The zero-order chi connectivity index (χ0) is 22.3. The average molecular weight is 437 g/mol. The van der Waals surface area contributed by atoms with Crippen LogP contribution in [0.1, 0.15) is 32.3 Å². The van der Waals surface area contributed by atoms with Gasteiger partial charge < -0.3 is 20.1 Å². The lowest BCUT2D eigenvalue weighted by molar-refractivity contribution is -0.146. The standard InChI is InChI=1S/C21H28N2O6S/c1-13(12-30-14(2)24)20(27)23-10-4-5-18(23)19(26)22-17(21(28)29-3)11-15-6-8-16(25)9-7-15/h6-9,13,17-18,25H,4-5,10-12H2,1-3H3,(H,22,26)/t13?,17-,18-/m0/s1. The lowest BCUT2D eigenvalue weighted by Gasteiger charge is -2.28. The van der Waals surface area contributed by atoms with Crippen molar-refractivity contribution in [1.29, 1.82) is 0 Å². The SMILES string of the molecule is COC(=O)[C@H](Cc1ccc(O)cc1)NC(=O)[C@@H]1CCCN1C(=O)C(C)CSC(C)=O. The van der Waals surface area contributed by atoms with Crippen LogP contribution in [0.2, 0.25) is 0 Å². The monoisotopic (exact) mass is 436 g/mol. The second-order valence-electron chi connectivity index (χ2n) is 7.35. The van der Waals surface area contributed by atoms with Crippen LogP contribution in [0.4, 0.5) is 0 Å². The number of carbonyl (C=O) groups is 4. The molecule has 0 saturated carbocycles. The van der Waals surface area contributed by atoms with Crippen LogP contribution < -0.4 is 5.32 Å². The van der Waals surface area contributed by atoms with Gasteiger partial charge in [0.2, 0.25) is 11.8 Å². The lowest BCUT2D eigenvalue weighted by atomic mass is 10.0. The van der Waals surface area contributed by atoms with E-state index in [0.29, 0.717) is 25.1 Å². The number of rotatable bonds is 8. The summed E-state index contributed by atoms with van der Waals surface area (Å²) in [5.74, 6) is -1.07. The van der Waals surface area contributed by atoms with Crippen molar-refractivity contribution < 1.29 is 29.0 Å². The molecule has 0 radical (unpaired) electrons. The predicted octanol–water partition coefficient (Wildman–Crippen LogP) is 1.50. The summed E-state index contributed by atoms with van der Waals surface area (Å²) < 4.78 is 4.82. The van der Waals surface area contributed by atoms with Gasteiger partial charge in [0.15, 0.2) is 5.12 Å². The van der Waals surface area contributed by atoms with Crippen LogP contribution in [0.3, 0.4) is 0 Å². The van der Waals surface area contributed by atoms with Crippen molar-refractivity contribution in [1.82, 2.24) is 10.2 Å². The summed E-state index contributed by atoms with van der Waals surface area (Å²) in [5.41, 5.74) is 0.748. The van der Waals surface area contributed by atoms with Gasteiger partial charge >= 0.3 is 5.97 Å². The van der Waals surface area contributed by atoms with E-state index in [0.717, 1.165) is 17.3 Å². The molecule has 164 valence electrons. The highest BCUT2D eigenvalue weighted by Crippen LogP contribution is 2.22. The molecule has 1 saturated heterocycles. The average Bonchev–Trinajstić information content (AvgIpc) is 3.21. The first kappa shape index (κ1) is 23.7. The molecule has 8 nitrogen and oxygen atoms in total. The molecule has 2 N–H and O–H groups in total. The minimum atomic E-state index is -0.907. The molecule has 0 aromatic heterocycles. The van der Waals surface area contributed by atoms with E-state index in [2.05, 4.69) is 5.32 Å². The van der Waals surface area contributed by atoms with Crippen molar-refractivity contribution in [2.75, 3.05) is 19.4 Å². The topological polar surface area (TPSA) is 113 Å². The number of hydrogen-bond acceptors (Lipinski definition) is 7. The Balaban J connectivity index is 2.05. The van der Waals surface area contributed by atoms with Crippen LogP contribution in [-0.2, 0) is 30.3 Å². The molecule has 1 aliphatic rings. The normalized spacial score (nSPS) is 17.8. The Labute approximate surface area is 180 Å². The van der Waals surface area contributed by atoms with Gasteiger partial charge in [-0.15, -0.1) is 0 Å². The Bertz CT molecular complexity index is 782. The number of esters is 1. The lowest BCUT2D eigenvalue weighted by Crippen LogP contribution is -2.52. The Kier molecular flexibility index (Phi) is 8.71. The molecule has 2 amide bonds. The number of phenols is 1. The fraction of sp³-hybridized carbons (Fsp3) is 0.524. The molecule has 1 aromatic rings. The molecule has 1 aromatic carbocycles. The van der Waals surface area contributed by atoms with Crippen molar-refractivity contribution in [2.45, 2.75) is 45.2 Å². The zero-order valence-electron chi connectivity index (χ0n) is 17.4. The van der Waals surface area contributed by atoms with Crippen LogP contribution in [0.15, 0.2) is 24.3 Å². The third kappa shape index (κ3) is 6.48. The summed E-state index contributed by atoms with van der Waals surface area (Å²) in [6, 6.07) is 4.77. The predicted molar refractivity (Wildman–Crippen MR) is 113 cm³/mol. The molecule has 0 aliphatic carbocycles. The third-order valence-electron chi connectivity index (χ3n) is 4.98. The number of thioether (sulfide) groups is 1. The number of phenolic OH excluding ortho intramolecular Hbond substituents is 1. The van der Waals surface area contributed by atoms with Crippen LogP contribution in [0, 0.1) is 5.92 Å². The number of likely N-dealkylation sites (tertiary alicyclic amines) is 1. The first-order valence-electron chi connectivity index (χ1n) is 9.83. The van der Waals surface area contributed by atoms with Crippen LogP contribution >= 0.6 is 11.8 Å². The number of benzene rings is 1. The third-order valence-corrected chi connectivity index (χ3v) is 6.05. The number of carbonyl (C=O) groups excluding carboxylic acids is 4. The number of amides is 2. The van der Waals surface area contributed by atoms with Crippen LogP contribution in [-0.4, -0.2) is 64.4 Å². The second-order valence-corrected chi connectivity index (χ2v) is 8.55. The summed E-state index contributed by atoms with van der Waals surface area (Å²) >= 11 is 1.09. The summed E-state index contributed by atoms with van der Waals surface area (Å²) in [7, 11) is 1.25. The highest BCUT2D eigenvalue weighted by Gasteiger charge is 2.37. The largest absolute Gasteiger partial charge is 0.508 e. The van der Waals surface area contributed by atoms with E-state index in [1.54, 1.807) is 19.1 Å². The maximum atomic E-state index is 12.9. The van der Waals surface area contributed by atoms with E-state index in [-0.39, 0.29) is 29.1 Å². The van der Waals surface area contributed by atoms with Crippen LogP contribution in [0.25, 0.3) is 0 Å². The van der Waals surface area contributed by atoms with Gasteiger partial charge in [0.25, 0.3) is 0 Å². The number of nitrogens with one attached hydrogen (secondary N) is 1. The van der Waals surface area contributed by atoms with E-state index in [9.17, 15) is 24.3 Å². The zero-order valence-corrected chi connectivity index (χ0v) is 18.2. The first-order chi connectivity index (χ1) is 14.2. The number of aromatic hydroxyl groups is 1. The van der Waals surface area contributed by atoms with Gasteiger partial charge in [-0.05, 0) is 30.5 Å². The minimum absolute atomic E-state index is 0.0551. The van der Waals surface area contributed by atoms with E-state index < -0.39 is 24.0 Å². The van der Waals surface area contributed by atoms with Gasteiger partial charge in [-0.25, -0.2) is 4.79 Å². The maximum Gasteiger partial charge on any atom is 0.328 e. The van der Waals surface area contributed by atoms with Crippen molar-refractivity contribution in [3.8, 4) is 5.75 Å². The van der Waals surface area contributed by atoms with Gasteiger partial charge in [0, 0.05) is 31.6 Å². The minimum Gasteiger partial charge on any atom is -0.508 e. The fourth-order valence-corrected chi connectivity index (χ4v) is 4.00. The molecule has 0 spiro atoms. The summed E-state index contributed by atoms with van der Waals surface area (Å²) in [4.78, 5) is 50.6. The molecule has 1 unspecified atom stereocenters.